The molecule has 1 fully saturated rings. The van der Waals surface area contributed by atoms with Gasteiger partial charge in [0.25, 0.3) is 0 Å². The van der Waals surface area contributed by atoms with Crippen LogP contribution in [0.25, 0.3) is 4.91 Å². The molecule has 30 heavy (non-hydrogen) atoms. The maximum absolute atomic E-state index is 13.7. The second kappa shape index (κ2) is 9.11. The van der Waals surface area contributed by atoms with E-state index in [2.05, 4.69) is 4.90 Å². The van der Waals surface area contributed by atoms with Crippen LogP contribution in [0.3, 0.4) is 0 Å². The molecule has 3 aromatic carbocycles. The van der Waals surface area contributed by atoms with Crippen LogP contribution in [-0.4, -0.2) is 24.2 Å². The molecule has 0 radical (unpaired) electrons. The first-order valence-electron chi connectivity index (χ1n) is 9.42. The summed E-state index contributed by atoms with van der Waals surface area (Å²) in [7, 11) is 0. The third-order valence-corrected chi connectivity index (χ3v) is 6.61. The Morgan fingerprint density at radius 2 is 1.30 bits per heavy atom. The van der Waals surface area contributed by atoms with Crippen molar-refractivity contribution in [1.29, 1.82) is 0 Å². The first-order chi connectivity index (χ1) is 14.4. The van der Waals surface area contributed by atoms with Crippen LogP contribution in [0.2, 0.25) is 10.0 Å². The lowest BCUT2D eigenvalue weighted by Crippen LogP contribution is -2.43. The summed E-state index contributed by atoms with van der Waals surface area (Å²) < 4.78 is 27.4. The summed E-state index contributed by atoms with van der Waals surface area (Å²) >= 11 is 13.7. The Hall–Kier alpha value is -1.85. The molecule has 1 aliphatic rings. The highest BCUT2D eigenvalue weighted by atomic mass is 35.5. The third kappa shape index (κ3) is 4.57. The molecule has 1 aliphatic heterocycles. The maximum atomic E-state index is 13.7. The molecule has 0 atom stereocenters. The zero-order chi connectivity index (χ0) is 21.3. The number of nitrogens with zero attached hydrogens (tertiary/aromatic N) is 1. The van der Waals surface area contributed by atoms with Crippen molar-refractivity contribution in [2.75, 3.05) is 19.3 Å². The molecular weight excluding hydrogens is 443 g/mol. The van der Waals surface area contributed by atoms with Gasteiger partial charge < -0.3 is 0 Å². The quantitative estimate of drug-likeness (QED) is 0.387. The SMILES string of the molecule is CSC(=C1CN(C(c2ccc(Cl)cc2)c2ccc(Cl)cc2)C1)c1cc(F)cc(F)c1. The van der Waals surface area contributed by atoms with Gasteiger partial charge in [-0.1, -0.05) is 47.5 Å². The summed E-state index contributed by atoms with van der Waals surface area (Å²) in [6.07, 6.45) is 1.93. The van der Waals surface area contributed by atoms with E-state index in [4.69, 9.17) is 23.2 Å². The Kier molecular flexibility index (Phi) is 6.49. The Balaban J connectivity index is 1.66. The lowest BCUT2D eigenvalue weighted by atomic mass is 9.92. The second-order valence-electron chi connectivity index (χ2n) is 7.21. The van der Waals surface area contributed by atoms with Crippen molar-refractivity contribution in [3.63, 3.8) is 0 Å². The van der Waals surface area contributed by atoms with Gasteiger partial charge in [-0.2, -0.15) is 0 Å². The van der Waals surface area contributed by atoms with Gasteiger partial charge in [-0.15, -0.1) is 11.8 Å². The maximum Gasteiger partial charge on any atom is 0.126 e. The summed E-state index contributed by atoms with van der Waals surface area (Å²) in [5.74, 6) is -1.12. The molecule has 0 spiro atoms. The molecule has 0 unspecified atom stereocenters. The standard InChI is InChI=1S/C24H19Cl2F2NS/c1-30-24(17-10-21(27)12-22(28)11-17)18-13-29(14-18)23(15-2-6-19(25)7-3-15)16-4-8-20(26)9-5-16/h2-12,23H,13-14H2,1H3. The van der Waals surface area contributed by atoms with Gasteiger partial charge in [-0.3, -0.25) is 4.90 Å². The smallest absolute Gasteiger partial charge is 0.126 e. The van der Waals surface area contributed by atoms with Crippen LogP contribution in [0, 0.1) is 11.6 Å². The lowest BCUT2D eigenvalue weighted by Gasteiger charge is -2.42. The first-order valence-corrected chi connectivity index (χ1v) is 11.4. The van der Waals surface area contributed by atoms with Gasteiger partial charge in [-0.05, 0) is 64.9 Å². The van der Waals surface area contributed by atoms with Gasteiger partial charge in [0.2, 0.25) is 0 Å². The fourth-order valence-corrected chi connectivity index (χ4v) is 4.85. The average molecular weight is 462 g/mol. The van der Waals surface area contributed by atoms with Crippen LogP contribution < -0.4 is 0 Å². The van der Waals surface area contributed by atoms with Gasteiger partial charge in [0, 0.05) is 34.1 Å². The van der Waals surface area contributed by atoms with Gasteiger partial charge in [0.15, 0.2) is 0 Å². The number of halogens is 4. The van der Waals surface area contributed by atoms with Gasteiger partial charge >= 0.3 is 0 Å². The van der Waals surface area contributed by atoms with E-state index in [0.717, 1.165) is 22.1 Å². The van der Waals surface area contributed by atoms with E-state index >= 15 is 0 Å². The molecule has 0 amide bonds. The minimum absolute atomic E-state index is 0.0376. The summed E-state index contributed by atoms with van der Waals surface area (Å²) in [4.78, 5) is 3.25. The third-order valence-electron chi connectivity index (χ3n) is 5.17. The van der Waals surface area contributed by atoms with Crippen LogP contribution in [0.4, 0.5) is 8.78 Å². The minimum atomic E-state index is -0.562. The second-order valence-corrected chi connectivity index (χ2v) is 8.89. The highest BCUT2D eigenvalue weighted by Gasteiger charge is 2.32. The summed E-state index contributed by atoms with van der Waals surface area (Å²) in [6, 6.07) is 19.4. The molecule has 4 rings (SSSR count). The normalized spacial score (nSPS) is 14.1. The van der Waals surface area contributed by atoms with Crippen molar-refractivity contribution in [1.82, 2.24) is 4.90 Å². The van der Waals surface area contributed by atoms with Gasteiger partial charge in [0.05, 0.1) is 6.04 Å². The zero-order valence-corrected chi connectivity index (χ0v) is 18.5. The number of benzene rings is 3. The molecule has 0 aliphatic carbocycles. The van der Waals surface area contributed by atoms with Crippen LogP contribution in [-0.2, 0) is 0 Å². The van der Waals surface area contributed by atoms with E-state index in [-0.39, 0.29) is 6.04 Å². The average Bonchev–Trinajstić information content (AvgIpc) is 2.68. The highest BCUT2D eigenvalue weighted by molar-refractivity contribution is 8.07. The topological polar surface area (TPSA) is 3.24 Å². The molecule has 0 bridgehead atoms. The van der Waals surface area contributed by atoms with Crippen molar-refractivity contribution >= 4 is 39.9 Å². The van der Waals surface area contributed by atoms with E-state index in [1.54, 1.807) is 0 Å². The first kappa shape index (κ1) is 21.4. The molecule has 0 saturated carbocycles. The minimum Gasteiger partial charge on any atom is -0.284 e. The fraction of sp³-hybridized carbons (Fsp3) is 0.167. The van der Waals surface area contributed by atoms with Gasteiger partial charge in [-0.25, -0.2) is 8.78 Å². The largest absolute Gasteiger partial charge is 0.284 e. The monoisotopic (exact) mass is 461 g/mol. The molecule has 0 N–H and O–H groups in total. The summed E-state index contributed by atoms with van der Waals surface area (Å²) in [6.45, 7) is 1.43. The van der Waals surface area contributed by atoms with Crippen LogP contribution in [0.5, 0.6) is 0 Å². The Labute approximate surface area is 189 Å². The number of hydrogen-bond acceptors (Lipinski definition) is 2. The van der Waals surface area contributed by atoms with Crippen LogP contribution >= 0.6 is 35.0 Å². The van der Waals surface area contributed by atoms with Crippen molar-refractivity contribution in [2.24, 2.45) is 0 Å². The lowest BCUT2D eigenvalue weighted by molar-refractivity contribution is 0.203. The predicted molar refractivity (Wildman–Crippen MR) is 123 cm³/mol. The van der Waals surface area contributed by atoms with E-state index in [1.165, 1.54) is 29.5 Å². The van der Waals surface area contributed by atoms with E-state index in [0.29, 0.717) is 28.7 Å². The number of likely N-dealkylation sites (tertiary alicyclic amines) is 1. The molecular formula is C24H19Cl2F2NS. The van der Waals surface area contributed by atoms with Crippen molar-refractivity contribution in [3.8, 4) is 0 Å². The van der Waals surface area contributed by atoms with Crippen molar-refractivity contribution in [2.45, 2.75) is 6.04 Å². The van der Waals surface area contributed by atoms with Gasteiger partial charge in [0.1, 0.15) is 11.6 Å². The molecule has 3 aromatic rings. The summed E-state index contributed by atoms with van der Waals surface area (Å²) in [5.41, 5.74) is 4.01. The van der Waals surface area contributed by atoms with Crippen LogP contribution in [0.1, 0.15) is 22.7 Å². The summed E-state index contributed by atoms with van der Waals surface area (Å²) in [5, 5.41) is 1.38. The Bertz CT molecular complexity index is 1010. The molecule has 1 nitrogen and oxygen atoms in total. The van der Waals surface area contributed by atoms with Crippen LogP contribution in [0.15, 0.2) is 72.3 Å². The number of thioether (sulfide) groups is 1. The highest BCUT2D eigenvalue weighted by Crippen LogP contribution is 2.40. The van der Waals surface area contributed by atoms with Crippen molar-refractivity contribution in [3.05, 3.63) is 111 Å². The molecule has 0 aromatic heterocycles. The predicted octanol–water partition coefficient (Wildman–Crippen LogP) is 7.45. The van der Waals surface area contributed by atoms with E-state index in [1.807, 2.05) is 54.8 Å². The Morgan fingerprint density at radius 1 is 0.833 bits per heavy atom. The fourth-order valence-electron chi connectivity index (χ4n) is 3.83. The Morgan fingerprint density at radius 3 is 1.73 bits per heavy atom. The number of hydrogen-bond donors (Lipinski definition) is 0. The van der Waals surface area contributed by atoms with E-state index < -0.39 is 11.6 Å². The van der Waals surface area contributed by atoms with E-state index in [9.17, 15) is 8.78 Å². The van der Waals surface area contributed by atoms with Crippen molar-refractivity contribution < 1.29 is 8.78 Å². The molecule has 1 heterocycles. The molecule has 1 saturated heterocycles. The molecule has 154 valence electrons. The number of rotatable bonds is 5. The molecule has 6 heteroatoms. The zero-order valence-electron chi connectivity index (χ0n) is 16.2.